The molecule has 1 aromatic rings. The third-order valence-corrected chi connectivity index (χ3v) is 2.09. The van der Waals surface area contributed by atoms with Crippen LogP contribution >= 0.6 is 0 Å². The van der Waals surface area contributed by atoms with Crippen molar-refractivity contribution in [3.8, 4) is 0 Å². The van der Waals surface area contributed by atoms with E-state index in [4.69, 9.17) is 5.73 Å². The Labute approximate surface area is 91.3 Å². The van der Waals surface area contributed by atoms with Crippen molar-refractivity contribution in [2.24, 2.45) is 0 Å². The summed E-state index contributed by atoms with van der Waals surface area (Å²) >= 11 is 0. The minimum Gasteiger partial charge on any atom is -0.367 e. The number of hydrogen-bond donors (Lipinski definition) is 1. The number of anilines is 1. The number of aromatic nitrogens is 2. The summed E-state index contributed by atoms with van der Waals surface area (Å²) in [5.74, 6) is 2.18. The van der Waals surface area contributed by atoms with Crippen LogP contribution in [0.2, 0.25) is 0 Å². The standard InChI is InChI=1S/C10H21N5/c1-14(2,3)8-7-9(15(4,5)6)13-10(11)12-8/h7H,1-6H3,(H2,11,12,13)/q+2. The van der Waals surface area contributed by atoms with E-state index >= 15 is 0 Å². The Hall–Kier alpha value is -1.20. The van der Waals surface area contributed by atoms with Crippen LogP contribution < -0.4 is 14.7 Å². The summed E-state index contributed by atoms with van der Waals surface area (Å²) in [4.78, 5) is 8.49. The predicted molar refractivity (Wildman–Crippen MR) is 65.6 cm³/mol. The number of nitrogen functional groups attached to an aromatic ring is 1. The third-order valence-electron chi connectivity index (χ3n) is 2.09. The fourth-order valence-corrected chi connectivity index (χ4v) is 1.13. The molecule has 0 amide bonds. The van der Waals surface area contributed by atoms with Crippen molar-refractivity contribution < 1.29 is 0 Å². The molecule has 84 valence electrons. The van der Waals surface area contributed by atoms with Gasteiger partial charge in [-0.15, -0.1) is 0 Å². The zero-order chi connectivity index (χ0) is 11.9. The Morgan fingerprint density at radius 1 is 0.867 bits per heavy atom. The number of hydrogen-bond acceptors (Lipinski definition) is 3. The van der Waals surface area contributed by atoms with Gasteiger partial charge in [-0.3, -0.25) is 8.97 Å². The minimum absolute atomic E-state index is 0.337. The van der Waals surface area contributed by atoms with Crippen molar-refractivity contribution in [1.82, 2.24) is 18.9 Å². The molecule has 5 heteroatoms. The average Bonchev–Trinajstić information content (AvgIpc) is 1.99. The van der Waals surface area contributed by atoms with Crippen LogP contribution in [0.15, 0.2) is 6.07 Å². The fourth-order valence-electron chi connectivity index (χ4n) is 1.13. The van der Waals surface area contributed by atoms with E-state index in [1.54, 1.807) is 0 Å². The SMILES string of the molecule is C[N+](C)(C)c1cc([N+](C)(C)C)nc(N)n1. The monoisotopic (exact) mass is 211 g/mol. The molecule has 1 rings (SSSR count). The highest BCUT2D eigenvalue weighted by Crippen LogP contribution is 2.22. The minimum atomic E-state index is 0.337. The van der Waals surface area contributed by atoms with Gasteiger partial charge in [0.2, 0.25) is 17.6 Å². The van der Waals surface area contributed by atoms with E-state index in [1.165, 1.54) is 0 Å². The van der Waals surface area contributed by atoms with Crippen LogP contribution in [0.4, 0.5) is 17.6 Å². The van der Waals surface area contributed by atoms with Crippen molar-refractivity contribution in [2.75, 3.05) is 48.0 Å². The van der Waals surface area contributed by atoms with Crippen molar-refractivity contribution >= 4 is 17.6 Å². The molecule has 2 N–H and O–H groups in total. The van der Waals surface area contributed by atoms with Gasteiger partial charge in [0.15, 0.2) is 0 Å². The smallest absolute Gasteiger partial charge is 0.238 e. The van der Waals surface area contributed by atoms with Crippen LogP contribution in [0.1, 0.15) is 0 Å². The summed E-state index contributed by atoms with van der Waals surface area (Å²) in [5, 5.41) is 0. The lowest BCUT2D eigenvalue weighted by Crippen LogP contribution is -2.39. The first kappa shape index (κ1) is 11.9. The van der Waals surface area contributed by atoms with Crippen LogP contribution in [0, 0.1) is 0 Å². The molecule has 0 atom stereocenters. The lowest BCUT2D eigenvalue weighted by atomic mass is 10.4. The first-order chi connectivity index (χ1) is 6.60. The Morgan fingerprint density at radius 3 is 1.47 bits per heavy atom. The topological polar surface area (TPSA) is 51.8 Å². The highest BCUT2D eigenvalue weighted by atomic mass is 15.4. The molecule has 0 aliphatic heterocycles. The molecule has 0 bridgehead atoms. The van der Waals surface area contributed by atoms with Crippen LogP contribution in [-0.4, -0.2) is 52.3 Å². The lowest BCUT2D eigenvalue weighted by molar-refractivity contribution is 0.454. The largest absolute Gasteiger partial charge is 0.367 e. The molecule has 0 aliphatic carbocycles. The summed E-state index contributed by atoms with van der Waals surface area (Å²) in [6.07, 6.45) is 0. The van der Waals surface area contributed by atoms with Crippen LogP contribution in [0.5, 0.6) is 0 Å². The summed E-state index contributed by atoms with van der Waals surface area (Å²) in [6.45, 7) is 0. The van der Waals surface area contributed by atoms with Gasteiger partial charge in [0.1, 0.15) is 6.07 Å². The van der Waals surface area contributed by atoms with E-state index in [0.29, 0.717) is 14.9 Å². The quantitative estimate of drug-likeness (QED) is 0.723. The lowest BCUT2D eigenvalue weighted by Gasteiger charge is -2.25. The summed E-state index contributed by atoms with van der Waals surface area (Å²) < 4.78 is 1.28. The molecule has 0 radical (unpaired) electrons. The van der Waals surface area contributed by atoms with Gasteiger partial charge in [-0.25, -0.2) is 0 Å². The van der Waals surface area contributed by atoms with E-state index in [9.17, 15) is 0 Å². The molecule has 0 spiro atoms. The number of rotatable bonds is 2. The molecule has 15 heavy (non-hydrogen) atoms. The van der Waals surface area contributed by atoms with E-state index in [-0.39, 0.29) is 0 Å². The molecule has 0 aliphatic rings. The molecule has 0 saturated carbocycles. The second-order valence-electron chi connectivity index (χ2n) is 5.47. The fraction of sp³-hybridized carbons (Fsp3) is 0.600. The normalized spacial score (nSPS) is 12.9. The van der Waals surface area contributed by atoms with E-state index in [0.717, 1.165) is 11.6 Å². The summed E-state index contributed by atoms with van der Waals surface area (Å²) in [6, 6.07) is 2.00. The molecule has 0 saturated heterocycles. The highest BCUT2D eigenvalue weighted by Gasteiger charge is 2.22. The molecule has 1 aromatic heterocycles. The maximum Gasteiger partial charge on any atom is 0.238 e. The summed E-state index contributed by atoms with van der Waals surface area (Å²) in [5.41, 5.74) is 5.71. The number of quaternary nitrogens is 2. The van der Waals surface area contributed by atoms with Crippen molar-refractivity contribution in [3.63, 3.8) is 0 Å². The zero-order valence-corrected chi connectivity index (χ0v) is 10.4. The first-order valence-electron chi connectivity index (χ1n) is 4.89. The van der Waals surface area contributed by atoms with Gasteiger partial charge in [0.25, 0.3) is 0 Å². The maximum absolute atomic E-state index is 5.71. The van der Waals surface area contributed by atoms with Crippen LogP contribution in [0.3, 0.4) is 0 Å². The maximum atomic E-state index is 5.71. The Kier molecular flexibility index (Phi) is 2.71. The van der Waals surface area contributed by atoms with Gasteiger partial charge in [-0.2, -0.15) is 9.97 Å². The highest BCUT2D eigenvalue weighted by molar-refractivity contribution is 5.48. The molecular formula is C10H21N5+2. The van der Waals surface area contributed by atoms with E-state index in [1.807, 2.05) is 6.07 Å². The van der Waals surface area contributed by atoms with Crippen LogP contribution in [0.25, 0.3) is 0 Å². The zero-order valence-electron chi connectivity index (χ0n) is 10.4. The average molecular weight is 211 g/mol. The first-order valence-corrected chi connectivity index (χ1v) is 4.89. The second kappa shape index (κ2) is 3.43. The molecule has 0 fully saturated rings. The Bertz CT molecular complexity index is 327. The van der Waals surface area contributed by atoms with Gasteiger partial charge in [0.05, 0.1) is 42.3 Å². The Balaban J connectivity index is 3.30. The molecule has 1 heterocycles. The van der Waals surface area contributed by atoms with E-state index in [2.05, 4.69) is 52.3 Å². The van der Waals surface area contributed by atoms with Gasteiger partial charge in [-0.1, -0.05) is 0 Å². The van der Waals surface area contributed by atoms with E-state index < -0.39 is 0 Å². The van der Waals surface area contributed by atoms with Gasteiger partial charge >= 0.3 is 0 Å². The van der Waals surface area contributed by atoms with Crippen molar-refractivity contribution in [3.05, 3.63) is 6.07 Å². The van der Waals surface area contributed by atoms with Gasteiger partial charge in [-0.05, 0) is 0 Å². The third kappa shape index (κ3) is 2.87. The molecule has 5 nitrogen and oxygen atoms in total. The van der Waals surface area contributed by atoms with Gasteiger partial charge in [0, 0.05) is 0 Å². The van der Waals surface area contributed by atoms with Crippen molar-refractivity contribution in [2.45, 2.75) is 0 Å². The van der Waals surface area contributed by atoms with Crippen molar-refractivity contribution in [1.29, 1.82) is 0 Å². The Morgan fingerprint density at radius 2 is 1.20 bits per heavy atom. The number of nitrogens with two attached hydrogens (primary N) is 1. The van der Waals surface area contributed by atoms with Crippen LogP contribution in [-0.2, 0) is 0 Å². The summed E-state index contributed by atoms with van der Waals surface area (Å²) in [7, 11) is 12.3. The molecule has 0 unspecified atom stereocenters. The second-order valence-corrected chi connectivity index (χ2v) is 5.47. The van der Waals surface area contributed by atoms with Gasteiger partial charge < -0.3 is 5.73 Å². The molecular weight excluding hydrogens is 190 g/mol. The number of nitrogens with zero attached hydrogens (tertiary/aromatic N) is 4. The molecule has 0 aromatic carbocycles. The predicted octanol–water partition coefficient (Wildman–Crippen LogP) is 0.452.